The van der Waals surface area contributed by atoms with Gasteiger partial charge in [-0.2, -0.15) is 10.5 Å². The minimum absolute atomic E-state index is 0.424. The summed E-state index contributed by atoms with van der Waals surface area (Å²) in [6.07, 6.45) is 0. The standard InChI is InChI=1S/C20H16N2/c1-13-5-6-14(2)17(9-13)7-8-18-10-15(3)19(11-21)20(12-22)16(18)4/h5-6,9-10H,1-4H3. The summed E-state index contributed by atoms with van der Waals surface area (Å²) in [4.78, 5) is 0. The summed E-state index contributed by atoms with van der Waals surface area (Å²) >= 11 is 0. The van der Waals surface area contributed by atoms with Crippen LogP contribution in [-0.4, -0.2) is 0 Å². The van der Waals surface area contributed by atoms with Gasteiger partial charge in [-0.1, -0.05) is 24.0 Å². The fraction of sp³-hybridized carbons (Fsp3) is 0.200. The molecule has 0 radical (unpaired) electrons. The van der Waals surface area contributed by atoms with Crippen molar-refractivity contribution in [3.05, 3.63) is 68.8 Å². The topological polar surface area (TPSA) is 47.6 Å². The van der Waals surface area contributed by atoms with E-state index in [9.17, 15) is 10.5 Å². The Bertz CT molecular complexity index is 895. The first-order valence-corrected chi connectivity index (χ1v) is 7.01. The molecule has 0 fully saturated rings. The predicted molar refractivity (Wildman–Crippen MR) is 87.2 cm³/mol. The lowest BCUT2D eigenvalue weighted by atomic mass is 9.94. The first kappa shape index (κ1) is 15.4. The molecule has 0 aliphatic rings. The summed E-state index contributed by atoms with van der Waals surface area (Å²) in [5.41, 5.74) is 6.50. The van der Waals surface area contributed by atoms with Crippen molar-refractivity contribution in [1.82, 2.24) is 0 Å². The van der Waals surface area contributed by atoms with E-state index < -0.39 is 0 Å². The molecule has 2 nitrogen and oxygen atoms in total. The number of nitriles is 2. The highest BCUT2D eigenvalue weighted by molar-refractivity contribution is 5.61. The van der Waals surface area contributed by atoms with Crippen molar-refractivity contribution in [2.45, 2.75) is 27.7 Å². The van der Waals surface area contributed by atoms with Crippen LogP contribution in [0.3, 0.4) is 0 Å². The molecule has 22 heavy (non-hydrogen) atoms. The van der Waals surface area contributed by atoms with Crippen LogP contribution in [0.5, 0.6) is 0 Å². The van der Waals surface area contributed by atoms with Crippen molar-refractivity contribution < 1.29 is 0 Å². The summed E-state index contributed by atoms with van der Waals surface area (Å²) in [7, 11) is 0. The quantitative estimate of drug-likeness (QED) is 0.685. The van der Waals surface area contributed by atoms with Gasteiger partial charge < -0.3 is 0 Å². The first-order valence-electron chi connectivity index (χ1n) is 7.01. The largest absolute Gasteiger partial charge is 0.192 e. The predicted octanol–water partition coefficient (Wildman–Crippen LogP) is 4.06. The minimum atomic E-state index is 0.424. The van der Waals surface area contributed by atoms with Gasteiger partial charge in [0.25, 0.3) is 0 Å². The summed E-state index contributed by atoms with van der Waals surface area (Å²) in [5, 5.41) is 18.5. The van der Waals surface area contributed by atoms with E-state index in [-0.39, 0.29) is 0 Å². The van der Waals surface area contributed by atoms with Gasteiger partial charge in [-0.25, -0.2) is 0 Å². The summed E-state index contributed by atoms with van der Waals surface area (Å²) < 4.78 is 0. The Morgan fingerprint density at radius 2 is 1.36 bits per heavy atom. The van der Waals surface area contributed by atoms with Crippen LogP contribution in [0, 0.1) is 62.2 Å². The third-order valence-corrected chi connectivity index (χ3v) is 3.73. The molecule has 2 rings (SSSR count). The fourth-order valence-corrected chi connectivity index (χ4v) is 2.34. The molecule has 0 aromatic heterocycles. The molecular formula is C20H16N2. The zero-order chi connectivity index (χ0) is 16.3. The molecule has 0 unspecified atom stereocenters. The van der Waals surface area contributed by atoms with Crippen LogP contribution in [0.2, 0.25) is 0 Å². The van der Waals surface area contributed by atoms with Gasteiger partial charge in [-0.3, -0.25) is 0 Å². The second-order valence-electron chi connectivity index (χ2n) is 5.41. The van der Waals surface area contributed by atoms with Gasteiger partial charge >= 0.3 is 0 Å². The maximum atomic E-state index is 9.30. The molecular weight excluding hydrogens is 268 g/mol. The Balaban J connectivity index is 2.60. The van der Waals surface area contributed by atoms with E-state index in [0.717, 1.165) is 27.8 Å². The molecule has 2 heteroatoms. The van der Waals surface area contributed by atoms with Gasteiger partial charge in [0.2, 0.25) is 0 Å². The van der Waals surface area contributed by atoms with Crippen molar-refractivity contribution in [3.63, 3.8) is 0 Å². The average Bonchev–Trinajstić information content (AvgIpc) is 2.50. The summed E-state index contributed by atoms with van der Waals surface area (Å²) in [5.74, 6) is 6.34. The second kappa shape index (κ2) is 6.17. The van der Waals surface area contributed by atoms with E-state index in [2.05, 4.69) is 42.2 Å². The molecule has 0 spiro atoms. The number of hydrogen-bond acceptors (Lipinski definition) is 2. The number of hydrogen-bond donors (Lipinski definition) is 0. The SMILES string of the molecule is Cc1ccc(C)c(C#Cc2cc(C)c(C#N)c(C#N)c2C)c1. The van der Waals surface area contributed by atoms with Crippen LogP contribution in [0.1, 0.15) is 44.5 Å². The van der Waals surface area contributed by atoms with Gasteiger partial charge in [-0.15, -0.1) is 0 Å². The number of nitrogens with zero attached hydrogens (tertiary/aromatic N) is 2. The Kier molecular flexibility index (Phi) is 4.31. The van der Waals surface area contributed by atoms with Gasteiger partial charge in [0.1, 0.15) is 12.1 Å². The highest BCUT2D eigenvalue weighted by Crippen LogP contribution is 2.21. The van der Waals surface area contributed by atoms with Crippen LogP contribution in [0.15, 0.2) is 24.3 Å². The Morgan fingerprint density at radius 1 is 0.727 bits per heavy atom. The van der Waals surface area contributed by atoms with Gasteiger partial charge in [0.15, 0.2) is 0 Å². The molecule has 2 aromatic rings. The number of benzene rings is 2. The monoisotopic (exact) mass is 284 g/mol. The van der Waals surface area contributed by atoms with Crippen LogP contribution in [0.25, 0.3) is 0 Å². The van der Waals surface area contributed by atoms with Crippen LogP contribution >= 0.6 is 0 Å². The minimum Gasteiger partial charge on any atom is -0.192 e. The van der Waals surface area contributed by atoms with Crippen molar-refractivity contribution in [2.75, 3.05) is 0 Å². The van der Waals surface area contributed by atoms with Crippen LogP contribution in [-0.2, 0) is 0 Å². The molecule has 106 valence electrons. The molecule has 0 saturated heterocycles. The Labute approximate surface area is 131 Å². The van der Waals surface area contributed by atoms with E-state index in [1.54, 1.807) is 0 Å². The smallest absolute Gasteiger partial charge is 0.101 e. The first-order chi connectivity index (χ1) is 10.5. The highest BCUT2D eigenvalue weighted by atomic mass is 14.3. The zero-order valence-corrected chi connectivity index (χ0v) is 13.2. The lowest BCUT2D eigenvalue weighted by Gasteiger charge is -2.06. The lowest BCUT2D eigenvalue weighted by molar-refractivity contribution is 1.29. The van der Waals surface area contributed by atoms with Gasteiger partial charge in [-0.05, 0) is 62.1 Å². The fourth-order valence-electron chi connectivity index (χ4n) is 2.34. The van der Waals surface area contributed by atoms with E-state index in [4.69, 9.17) is 0 Å². The van der Waals surface area contributed by atoms with E-state index in [0.29, 0.717) is 11.1 Å². The zero-order valence-electron chi connectivity index (χ0n) is 13.2. The van der Waals surface area contributed by atoms with Crippen LogP contribution in [0.4, 0.5) is 0 Å². The van der Waals surface area contributed by atoms with E-state index in [1.807, 2.05) is 33.8 Å². The Hall–Kier alpha value is -3.02. The Morgan fingerprint density at radius 3 is 2.00 bits per heavy atom. The normalized spacial score (nSPS) is 9.36. The molecule has 0 aliphatic carbocycles. The van der Waals surface area contributed by atoms with Gasteiger partial charge in [0.05, 0.1) is 11.1 Å². The second-order valence-corrected chi connectivity index (χ2v) is 5.41. The molecule has 0 bridgehead atoms. The molecule has 0 aliphatic heterocycles. The average molecular weight is 284 g/mol. The van der Waals surface area contributed by atoms with E-state index >= 15 is 0 Å². The lowest BCUT2D eigenvalue weighted by Crippen LogP contribution is -1.97. The molecule has 2 aromatic carbocycles. The molecule has 0 heterocycles. The van der Waals surface area contributed by atoms with Crippen molar-refractivity contribution in [3.8, 4) is 24.0 Å². The van der Waals surface area contributed by atoms with Crippen LogP contribution < -0.4 is 0 Å². The summed E-state index contributed by atoms with van der Waals surface area (Å²) in [6, 6.07) is 12.3. The van der Waals surface area contributed by atoms with Crippen molar-refractivity contribution >= 4 is 0 Å². The third-order valence-electron chi connectivity index (χ3n) is 3.73. The van der Waals surface area contributed by atoms with Crippen molar-refractivity contribution in [1.29, 1.82) is 10.5 Å². The molecule has 0 N–H and O–H groups in total. The molecule has 0 amide bonds. The van der Waals surface area contributed by atoms with E-state index in [1.165, 1.54) is 5.56 Å². The number of aryl methyl sites for hydroxylation is 3. The third kappa shape index (κ3) is 2.85. The molecule has 0 atom stereocenters. The van der Waals surface area contributed by atoms with Gasteiger partial charge in [0, 0.05) is 11.1 Å². The highest BCUT2D eigenvalue weighted by Gasteiger charge is 2.11. The summed E-state index contributed by atoms with van der Waals surface area (Å²) in [6.45, 7) is 7.74. The maximum Gasteiger partial charge on any atom is 0.101 e. The number of rotatable bonds is 0. The van der Waals surface area contributed by atoms with Crippen molar-refractivity contribution in [2.24, 2.45) is 0 Å². The maximum absolute atomic E-state index is 9.30. The molecule has 0 saturated carbocycles.